The fourth-order valence-electron chi connectivity index (χ4n) is 2.51. The molecule has 0 radical (unpaired) electrons. The number of methoxy groups -OCH3 is 1. The van der Waals surface area contributed by atoms with Crippen molar-refractivity contribution in [3.63, 3.8) is 0 Å². The van der Waals surface area contributed by atoms with Crippen LogP contribution in [0.2, 0.25) is 0 Å². The van der Waals surface area contributed by atoms with E-state index in [2.05, 4.69) is 34.2 Å². The van der Waals surface area contributed by atoms with Crippen molar-refractivity contribution < 1.29 is 27.8 Å². The van der Waals surface area contributed by atoms with E-state index >= 15 is 0 Å². The predicted molar refractivity (Wildman–Crippen MR) is 87.4 cm³/mol. The summed E-state index contributed by atoms with van der Waals surface area (Å²) in [5.41, 5.74) is 9.36. The van der Waals surface area contributed by atoms with Crippen LogP contribution in [-0.4, -0.2) is 34.3 Å². The van der Waals surface area contributed by atoms with Gasteiger partial charge in [-0.1, -0.05) is 24.3 Å². The van der Waals surface area contributed by atoms with Gasteiger partial charge >= 0.3 is 12.1 Å². The fraction of sp³-hybridized carbons (Fsp3) is 0.353. The van der Waals surface area contributed by atoms with Crippen LogP contribution in [0.25, 0.3) is 11.1 Å². The van der Waals surface area contributed by atoms with Crippen LogP contribution in [0.5, 0.6) is 5.88 Å². The number of aromatic nitrogens is 2. The summed E-state index contributed by atoms with van der Waals surface area (Å²) in [5.74, 6) is -2.17. The van der Waals surface area contributed by atoms with Crippen LogP contribution in [0.4, 0.5) is 13.2 Å². The van der Waals surface area contributed by atoms with Crippen molar-refractivity contribution in [3.8, 4) is 17.0 Å². The van der Waals surface area contributed by atoms with E-state index in [4.69, 9.17) is 20.4 Å². The molecule has 26 heavy (non-hydrogen) atoms. The molecule has 3 rings (SSSR count). The molecule has 6 nitrogen and oxygen atoms in total. The van der Waals surface area contributed by atoms with Gasteiger partial charge < -0.3 is 15.6 Å². The number of nitrogens with zero attached hydrogens (tertiary/aromatic N) is 2. The maximum absolute atomic E-state index is 10.6. The molecule has 0 aliphatic heterocycles. The van der Waals surface area contributed by atoms with Gasteiger partial charge in [0.05, 0.1) is 12.7 Å². The van der Waals surface area contributed by atoms with E-state index in [1.165, 1.54) is 18.3 Å². The van der Waals surface area contributed by atoms with Gasteiger partial charge in [0.25, 0.3) is 0 Å². The zero-order valence-corrected chi connectivity index (χ0v) is 14.0. The Morgan fingerprint density at radius 1 is 1.27 bits per heavy atom. The van der Waals surface area contributed by atoms with Gasteiger partial charge in [0.2, 0.25) is 5.88 Å². The number of nitrogens with two attached hydrogens (primary N) is 1. The Bertz CT molecular complexity index is 760. The van der Waals surface area contributed by atoms with Gasteiger partial charge in [-0.25, -0.2) is 14.8 Å². The number of ether oxygens (including phenoxy) is 1. The van der Waals surface area contributed by atoms with E-state index in [0.717, 1.165) is 24.0 Å². The number of alkyl halides is 3. The van der Waals surface area contributed by atoms with E-state index in [9.17, 15) is 13.2 Å². The monoisotopic (exact) mass is 369 g/mol. The topological polar surface area (TPSA) is 98.3 Å². The number of carbonyl (C=O) groups is 1. The van der Waals surface area contributed by atoms with E-state index in [1.54, 1.807) is 13.3 Å². The van der Waals surface area contributed by atoms with Gasteiger partial charge in [0, 0.05) is 11.7 Å². The molecular weight excluding hydrogens is 351 g/mol. The van der Waals surface area contributed by atoms with E-state index in [-0.39, 0.29) is 5.54 Å². The smallest absolute Gasteiger partial charge is 0.480 e. The molecule has 1 aliphatic rings. The normalized spacial score (nSPS) is 15.3. The molecule has 1 aromatic carbocycles. The van der Waals surface area contributed by atoms with Crippen molar-refractivity contribution in [3.05, 3.63) is 42.4 Å². The number of carboxylic acids is 1. The first-order valence-electron chi connectivity index (χ1n) is 7.71. The molecule has 2 aromatic rings. The molecule has 1 aromatic heterocycles. The van der Waals surface area contributed by atoms with Gasteiger partial charge in [-0.15, -0.1) is 0 Å². The second kappa shape index (κ2) is 7.69. The third-order valence-electron chi connectivity index (χ3n) is 4.13. The maximum Gasteiger partial charge on any atom is 0.490 e. The van der Waals surface area contributed by atoms with Crippen LogP contribution in [0.1, 0.15) is 24.8 Å². The number of hydrogen-bond acceptors (Lipinski definition) is 5. The number of hydrogen-bond donors (Lipinski definition) is 2. The van der Waals surface area contributed by atoms with Crippen molar-refractivity contribution >= 4 is 5.97 Å². The first-order valence-corrected chi connectivity index (χ1v) is 7.71. The summed E-state index contributed by atoms with van der Waals surface area (Å²) in [4.78, 5) is 17.1. The van der Waals surface area contributed by atoms with Gasteiger partial charge in [0.1, 0.15) is 6.33 Å². The molecule has 0 unspecified atom stereocenters. The molecule has 9 heteroatoms. The van der Waals surface area contributed by atoms with Crippen molar-refractivity contribution in [1.82, 2.24) is 9.97 Å². The largest absolute Gasteiger partial charge is 0.490 e. The number of carboxylic acid groups (broad SMARTS) is 1. The molecule has 0 saturated heterocycles. The zero-order valence-electron chi connectivity index (χ0n) is 14.0. The Kier molecular flexibility index (Phi) is 5.81. The molecule has 1 fully saturated rings. The quantitative estimate of drug-likeness (QED) is 0.863. The van der Waals surface area contributed by atoms with E-state index < -0.39 is 12.1 Å². The maximum atomic E-state index is 10.6. The summed E-state index contributed by atoms with van der Waals surface area (Å²) in [5, 5.41) is 7.12. The third-order valence-corrected chi connectivity index (χ3v) is 4.13. The van der Waals surface area contributed by atoms with Crippen LogP contribution < -0.4 is 10.5 Å². The van der Waals surface area contributed by atoms with Crippen LogP contribution in [-0.2, 0) is 10.3 Å². The minimum Gasteiger partial charge on any atom is -0.480 e. The summed E-state index contributed by atoms with van der Waals surface area (Å²) < 4.78 is 37.0. The molecule has 3 N–H and O–H groups in total. The van der Waals surface area contributed by atoms with Gasteiger partial charge in [-0.05, 0) is 30.4 Å². The minimum atomic E-state index is -5.08. The summed E-state index contributed by atoms with van der Waals surface area (Å²) in [7, 11) is 1.61. The Balaban J connectivity index is 0.000000298. The minimum absolute atomic E-state index is 0.115. The SMILES string of the molecule is COc1ncncc1-c1ccc(C2(N)CCC2)cc1.O=C(O)C(F)(F)F. The molecule has 0 spiro atoms. The lowest BCUT2D eigenvalue weighted by Gasteiger charge is -2.38. The van der Waals surface area contributed by atoms with Crippen LogP contribution >= 0.6 is 0 Å². The number of rotatable bonds is 3. The number of benzene rings is 1. The van der Waals surface area contributed by atoms with Crippen LogP contribution in [0.3, 0.4) is 0 Å². The van der Waals surface area contributed by atoms with Crippen molar-refractivity contribution in [2.24, 2.45) is 5.73 Å². The summed E-state index contributed by atoms with van der Waals surface area (Å²) in [6, 6.07) is 8.31. The standard InChI is InChI=1S/C15H17N3O.C2HF3O2/c1-19-14-13(9-17-10-18-14)11-3-5-12(6-4-11)15(16)7-2-8-15;3-2(4,5)1(6)7/h3-6,9-10H,2,7-8,16H2,1H3;(H,6,7). The average Bonchev–Trinajstić information content (AvgIpc) is 2.59. The lowest BCUT2D eigenvalue weighted by molar-refractivity contribution is -0.192. The molecule has 1 aliphatic carbocycles. The molecule has 1 heterocycles. The van der Waals surface area contributed by atoms with Gasteiger partial charge in [-0.2, -0.15) is 13.2 Å². The van der Waals surface area contributed by atoms with Crippen LogP contribution in [0.15, 0.2) is 36.8 Å². The molecule has 1 saturated carbocycles. The molecule has 140 valence electrons. The fourth-order valence-corrected chi connectivity index (χ4v) is 2.51. The number of halogens is 3. The summed E-state index contributed by atoms with van der Waals surface area (Å²) >= 11 is 0. The molecular formula is C17H18F3N3O3. The zero-order chi connectivity index (χ0) is 19.4. The van der Waals surface area contributed by atoms with Gasteiger partial charge in [0.15, 0.2) is 0 Å². The highest BCUT2D eigenvalue weighted by atomic mass is 19.4. The number of aliphatic carboxylic acids is 1. The van der Waals surface area contributed by atoms with Crippen molar-refractivity contribution in [2.75, 3.05) is 7.11 Å². The van der Waals surface area contributed by atoms with Crippen LogP contribution in [0, 0.1) is 0 Å². The van der Waals surface area contributed by atoms with Crippen molar-refractivity contribution in [1.29, 1.82) is 0 Å². The lowest BCUT2D eigenvalue weighted by atomic mass is 9.72. The van der Waals surface area contributed by atoms with Gasteiger partial charge in [-0.3, -0.25) is 0 Å². The Hall–Kier alpha value is -2.68. The average molecular weight is 369 g/mol. The molecule has 0 atom stereocenters. The Morgan fingerprint density at radius 3 is 2.27 bits per heavy atom. The second-order valence-corrected chi connectivity index (χ2v) is 5.84. The molecule has 0 bridgehead atoms. The van der Waals surface area contributed by atoms with Crippen molar-refractivity contribution in [2.45, 2.75) is 31.0 Å². The van der Waals surface area contributed by atoms with E-state index in [1.807, 2.05) is 0 Å². The lowest BCUT2D eigenvalue weighted by Crippen LogP contribution is -2.43. The Morgan fingerprint density at radius 2 is 1.85 bits per heavy atom. The molecule has 0 amide bonds. The highest BCUT2D eigenvalue weighted by Gasteiger charge is 2.38. The Labute approximate surface area is 147 Å². The second-order valence-electron chi connectivity index (χ2n) is 5.84. The summed E-state index contributed by atoms with van der Waals surface area (Å²) in [6.07, 6.45) is 1.54. The summed E-state index contributed by atoms with van der Waals surface area (Å²) in [6.45, 7) is 0. The first-order chi connectivity index (χ1) is 12.2. The highest BCUT2D eigenvalue weighted by molar-refractivity contribution is 5.73. The third kappa shape index (κ3) is 4.48. The highest BCUT2D eigenvalue weighted by Crippen LogP contribution is 2.39. The predicted octanol–water partition coefficient (Wildman–Crippen LogP) is 3.12. The first kappa shape index (κ1) is 19.6. The van der Waals surface area contributed by atoms with E-state index in [0.29, 0.717) is 5.88 Å².